The van der Waals surface area contributed by atoms with E-state index in [0.717, 1.165) is 18.4 Å². The molecular weight excluding hydrogens is 306 g/mol. The molecule has 0 saturated heterocycles. The van der Waals surface area contributed by atoms with Crippen molar-refractivity contribution >= 4 is 12.0 Å². The summed E-state index contributed by atoms with van der Waals surface area (Å²) in [6.45, 7) is 0. The molecule has 1 fully saturated rings. The second-order valence-electron chi connectivity index (χ2n) is 5.99. The number of carbonyl (C=O) groups excluding carboxylic acids is 1. The molecule has 1 aromatic rings. The van der Waals surface area contributed by atoms with E-state index in [0.29, 0.717) is 23.3 Å². The number of nitrogens with one attached hydrogen (secondary N) is 1. The average molecular weight is 333 g/mol. The topological polar surface area (TPSA) is 56.8 Å². The SMILES string of the molecule is COc1cc(/C=C\C(=O)NC2CCCCCC2)cc(OC)c1OC. The number of benzene rings is 1. The van der Waals surface area contributed by atoms with Gasteiger partial charge in [0, 0.05) is 12.1 Å². The van der Waals surface area contributed by atoms with Crippen LogP contribution in [0, 0.1) is 0 Å². The van der Waals surface area contributed by atoms with Gasteiger partial charge in [-0.3, -0.25) is 4.79 Å². The molecule has 0 radical (unpaired) electrons. The van der Waals surface area contributed by atoms with E-state index in [1.807, 2.05) is 12.1 Å². The third-order valence-electron chi connectivity index (χ3n) is 4.32. The highest BCUT2D eigenvalue weighted by molar-refractivity contribution is 5.92. The van der Waals surface area contributed by atoms with Crippen molar-refractivity contribution in [3.05, 3.63) is 23.8 Å². The van der Waals surface area contributed by atoms with Crippen LogP contribution in [-0.2, 0) is 4.79 Å². The Hall–Kier alpha value is -2.17. The minimum Gasteiger partial charge on any atom is -0.493 e. The van der Waals surface area contributed by atoms with Crippen LogP contribution in [0.5, 0.6) is 17.2 Å². The van der Waals surface area contributed by atoms with Crippen molar-refractivity contribution in [3.63, 3.8) is 0 Å². The van der Waals surface area contributed by atoms with E-state index in [-0.39, 0.29) is 5.91 Å². The number of carbonyl (C=O) groups is 1. The highest BCUT2D eigenvalue weighted by Gasteiger charge is 2.14. The van der Waals surface area contributed by atoms with Gasteiger partial charge >= 0.3 is 0 Å². The van der Waals surface area contributed by atoms with Crippen LogP contribution in [0.4, 0.5) is 0 Å². The van der Waals surface area contributed by atoms with Gasteiger partial charge in [0.25, 0.3) is 0 Å². The van der Waals surface area contributed by atoms with Crippen molar-refractivity contribution < 1.29 is 19.0 Å². The zero-order chi connectivity index (χ0) is 17.4. The number of rotatable bonds is 6. The maximum atomic E-state index is 12.1. The molecule has 0 aromatic heterocycles. The molecule has 1 aliphatic carbocycles. The van der Waals surface area contributed by atoms with Crippen LogP contribution in [0.1, 0.15) is 44.1 Å². The summed E-state index contributed by atoms with van der Waals surface area (Å²) in [6, 6.07) is 3.93. The molecule has 1 N–H and O–H groups in total. The Balaban J connectivity index is 2.05. The van der Waals surface area contributed by atoms with Gasteiger partial charge in [0.1, 0.15) is 0 Å². The molecule has 1 aromatic carbocycles. The summed E-state index contributed by atoms with van der Waals surface area (Å²) in [4.78, 5) is 12.1. The highest BCUT2D eigenvalue weighted by atomic mass is 16.5. The lowest BCUT2D eigenvalue weighted by Gasteiger charge is -2.15. The van der Waals surface area contributed by atoms with Gasteiger partial charge in [-0.05, 0) is 36.6 Å². The summed E-state index contributed by atoms with van der Waals surface area (Å²) in [5.74, 6) is 1.62. The molecule has 2 rings (SSSR count). The van der Waals surface area contributed by atoms with Crippen LogP contribution in [-0.4, -0.2) is 33.3 Å². The summed E-state index contributed by atoms with van der Waals surface area (Å²) < 4.78 is 15.9. The quantitative estimate of drug-likeness (QED) is 0.639. The molecule has 0 aliphatic heterocycles. The first-order valence-corrected chi connectivity index (χ1v) is 8.46. The molecule has 0 atom stereocenters. The normalized spacial score (nSPS) is 15.8. The molecule has 1 saturated carbocycles. The first kappa shape index (κ1) is 18.2. The predicted octanol–water partition coefficient (Wildman–Crippen LogP) is 3.56. The molecule has 0 heterocycles. The Morgan fingerprint density at radius 2 is 1.58 bits per heavy atom. The van der Waals surface area contributed by atoms with E-state index in [2.05, 4.69) is 5.32 Å². The van der Waals surface area contributed by atoms with Crippen molar-refractivity contribution in [1.29, 1.82) is 0 Å². The average Bonchev–Trinajstić information content (AvgIpc) is 2.87. The van der Waals surface area contributed by atoms with Crippen molar-refractivity contribution in [1.82, 2.24) is 5.32 Å². The summed E-state index contributed by atoms with van der Waals surface area (Å²) in [6.07, 6.45) is 10.4. The Bertz CT molecular complexity index is 550. The lowest BCUT2D eigenvalue weighted by Crippen LogP contribution is -2.33. The minimum atomic E-state index is -0.0596. The maximum Gasteiger partial charge on any atom is 0.244 e. The van der Waals surface area contributed by atoms with Gasteiger partial charge in [-0.15, -0.1) is 0 Å². The van der Waals surface area contributed by atoms with Crippen LogP contribution >= 0.6 is 0 Å². The van der Waals surface area contributed by atoms with Gasteiger partial charge in [0.05, 0.1) is 21.3 Å². The third-order valence-corrected chi connectivity index (χ3v) is 4.32. The van der Waals surface area contributed by atoms with Gasteiger partial charge in [-0.1, -0.05) is 25.7 Å². The van der Waals surface area contributed by atoms with Crippen LogP contribution in [0.15, 0.2) is 18.2 Å². The van der Waals surface area contributed by atoms with Crippen molar-refractivity contribution in [2.45, 2.75) is 44.6 Å². The first-order valence-electron chi connectivity index (χ1n) is 8.46. The Labute approximate surface area is 144 Å². The van der Waals surface area contributed by atoms with Gasteiger partial charge < -0.3 is 19.5 Å². The zero-order valence-electron chi connectivity index (χ0n) is 14.8. The fourth-order valence-electron chi connectivity index (χ4n) is 3.04. The fraction of sp³-hybridized carbons (Fsp3) is 0.526. The lowest BCUT2D eigenvalue weighted by molar-refractivity contribution is -0.117. The molecule has 132 valence electrons. The van der Waals surface area contributed by atoms with Crippen LogP contribution < -0.4 is 19.5 Å². The Morgan fingerprint density at radius 3 is 2.08 bits per heavy atom. The molecule has 5 nitrogen and oxygen atoms in total. The maximum absolute atomic E-state index is 12.1. The van der Waals surface area contributed by atoms with Gasteiger partial charge in [0.2, 0.25) is 11.7 Å². The van der Waals surface area contributed by atoms with E-state index in [1.54, 1.807) is 33.5 Å². The van der Waals surface area contributed by atoms with E-state index in [4.69, 9.17) is 14.2 Å². The predicted molar refractivity (Wildman–Crippen MR) is 94.8 cm³/mol. The second-order valence-corrected chi connectivity index (χ2v) is 5.99. The summed E-state index contributed by atoms with van der Waals surface area (Å²) in [7, 11) is 4.71. The summed E-state index contributed by atoms with van der Waals surface area (Å²) >= 11 is 0. The van der Waals surface area contributed by atoms with Crippen molar-refractivity contribution in [2.75, 3.05) is 21.3 Å². The Morgan fingerprint density at radius 1 is 1.00 bits per heavy atom. The highest BCUT2D eigenvalue weighted by Crippen LogP contribution is 2.38. The van der Waals surface area contributed by atoms with Crippen LogP contribution in [0.2, 0.25) is 0 Å². The van der Waals surface area contributed by atoms with Crippen LogP contribution in [0.25, 0.3) is 6.08 Å². The van der Waals surface area contributed by atoms with Gasteiger partial charge in [-0.25, -0.2) is 0 Å². The Kier molecular flexibility index (Phi) is 6.97. The number of methoxy groups -OCH3 is 3. The van der Waals surface area contributed by atoms with Crippen molar-refractivity contribution in [2.24, 2.45) is 0 Å². The monoisotopic (exact) mass is 333 g/mol. The van der Waals surface area contributed by atoms with Gasteiger partial charge in [0.15, 0.2) is 11.5 Å². The number of ether oxygens (including phenoxy) is 3. The molecule has 0 bridgehead atoms. The van der Waals surface area contributed by atoms with E-state index in [1.165, 1.54) is 25.7 Å². The molecule has 5 heteroatoms. The lowest BCUT2D eigenvalue weighted by atomic mass is 10.1. The standard InChI is InChI=1S/C19H27NO4/c1-22-16-12-14(13-17(23-2)19(16)24-3)10-11-18(21)20-15-8-6-4-5-7-9-15/h10-13,15H,4-9H2,1-3H3,(H,20,21)/b11-10-. The molecule has 0 spiro atoms. The summed E-state index contributed by atoms with van der Waals surface area (Å²) in [5.41, 5.74) is 0.820. The zero-order valence-corrected chi connectivity index (χ0v) is 14.8. The molecule has 24 heavy (non-hydrogen) atoms. The molecule has 0 unspecified atom stereocenters. The van der Waals surface area contributed by atoms with E-state index >= 15 is 0 Å². The second kappa shape index (κ2) is 9.21. The number of amides is 1. The van der Waals surface area contributed by atoms with Gasteiger partial charge in [-0.2, -0.15) is 0 Å². The van der Waals surface area contributed by atoms with E-state index in [9.17, 15) is 4.79 Å². The molecule has 1 amide bonds. The number of hydrogen-bond donors (Lipinski definition) is 1. The third kappa shape index (κ3) is 4.91. The molecular formula is C19H27NO4. The van der Waals surface area contributed by atoms with Crippen LogP contribution in [0.3, 0.4) is 0 Å². The minimum absolute atomic E-state index is 0.0596. The summed E-state index contributed by atoms with van der Waals surface area (Å²) in [5, 5.41) is 3.10. The largest absolute Gasteiger partial charge is 0.493 e. The fourth-order valence-corrected chi connectivity index (χ4v) is 3.04. The number of hydrogen-bond acceptors (Lipinski definition) is 4. The first-order chi connectivity index (χ1) is 11.7. The van der Waals surface area contributed by atoms with E-state index < -0.39 is 0 Å². The van der Waals surface area contributed by atoms with Crippen molar-refractivity contribution in [3.8, 4) is 17.2 Å². The smallest absolute Gasteiger partial charge is 0.244 e. The molecule has 1 aliphatic rings.